The van der Waals surface area contributed by atoms with Crippen molar-refractivity contribution in [3.63, 3.8) is 0 Å². The van der Waals surface area contributed by atoms with E-state index in [2.05, 4.69) is 27.5 Å². The zero-order valence-corrected chi connectivity index (χ0v) is 10.6. The standard InChI is InChI=1S/C11H14FIN2/c12-8-1-2-11(10(13)7-8)15-5-3-9(14)4-6-15/h1-2,7,9H,3-6,14H2. The van der Waals surface area contributed by atoms with Gasteiger partial charge >= 0.3 is 0 Å². The first kappa shape index (κ1) is 11.1. The van der Waals surface area contributed by atoms with Crippen LogP contribution in [-0.2, 0) is 0 Å². The Hall–Kier alpha value is -0.360. The lowest BCUT2D eigenvalue weighted by Crippen LogP contribution is -2.40. The molecule has 15 heavy (non-hydrogen) atoms. The fourth-order valence-electron chi connectivity index (χ4n) is 1.88. The minimum atomic E-state index is -0.170. The minimum Gasteiger partial charge on any atom is -0.371 e. The summed E-state index contributed by atoms with van der Waals surface area (Å²) in [5, 5.41) is 0. The van der Waals surface area contributed by atoms with Crippen LogP contribution < -0.4 is 10.6 Å². The first-order valence-corrected chi connectivity index (χ1v) is 6.20. The van der Waals surface area contributed by atoms with Gasteiger partial charge in [-0.2, -0.15) is 0 Å². The maximum absolute atomic E-state index is 12.9. The van der Waals surface area contributed by atoms with Crippen molar-refractivity contribution >= 4 is 28.3 Å². The number of nitrogens with two attached hydrogens (primary N) is 1. The molecule has 1 aliphatic rings. The minimum absolute atomic E-state index is 0.170. The van der Waals surface area contributed by atoms with Gasteiger partial charge in [0.15, 0.2) is 0 Å². The van der Waals surface area contributed by atoms with Gasteiger partial charge in [0.25, 0.3) is 0 Å². The molecular formula is C11H14FIN2. The average Bonchev–Trinajstić information content (AvgIpc) is 2.20. The quantitative estimate of drug-likeness (QED) is 0.805. The van der Waals surface area contributed by atoms with Gasteiger partial charge in [0.1, 0.15) is 5.82 Å². The molecule has 2 rings (SSSR count). The molecule has 0 aliphatic carbocycles. The highest BCUT2D eigenvalue weighted by Crippen LogP contribution is 2.25. The molecule has 0 spiro atoms. The highest BCUT2D eigenvalue weighted by molar-refractivity contribution is 14.1. The third-order valence-corrected chi connectivity index (χ3v) is 3.65. The molecule has 0 saturated carbocycles. The van der Waals surface area contributed by atoms with E-state index in [0.717, 1.165) is 35.2 Å². The highest BCUT2D eigenvalue weighted by atomic mass is 127. The number of benzene rings is 1. The van der Waals surface area contributed by atoms with Crippen LogP contribution in [0.1, 0.15) is 12.8 Å². The Kier molecular flexibility index (Phi) is 3.45. The van der Waals surface area contributed by atoms with Crippen molar-refractivity contribution in [3.05, 3.63) is 27.6 Å². The van der Waals surface area contributed by atoms with E-state index in [4.69, 9.17) is 5.73 Å². The molecule has 1 aromatic rings. The molecule has 2 N–H and O–H groups in total. The van der Waals surface area contributed by atoms with Gasteiger partial charge in [0.05, 0.1) is 5.69 Å². The Morgan fingerprint density at radius 3 is 2.60 bits per heavy atom. The summed E-state index contributed by atoms with van der Waals surface area (Å²) in [6.07, 6.45) is 2.04. The molecule has 0 bridgehead atoms. The van der Waals surface area contributed by atoms with Crippen molar-refractivity contribution in [1.82, 2.24) is 0 Å². The zero-order valence-electron chi connectivity index (χ0n) is 8.42. The maximum atomic E-state index is 12.9. The number of nitrogens with zero attached hydrogens (tertiary/aromatic N) is 1. The first-order valence-electron chi connectivity index (χ1n) is 5.12. The monoisotopic (exact) mass is 320 g/mol. The SMILES string of the molecule is NC1CCN(c2ccc(F)cc2I)CC1. The van der Waals surface area contributed by atoms with Crippen LogP contribution in [-0.4, -0.2) is 19.1 Å². The number of anilines is 1. The van der Waals surface area contributed by atoms with Gasteiger partial charge in [-0.05, 0) is 53.6 Å². The van der Waals surface area contributed by atoms with Crippen molar-refractivity contribution in [1.29, 1.82) is 0 Å². The third kappa shape index (κ3) is 2.60. The number of piperidine rings is 1. The molecule has 4 heteroatoms. The van der Waals surface area contributed by atoms with E-state index in [1.165, 1.54) is 6.07 Å². The average molecular weight is 320 g/mol. The zero-order chi connectivity index (χ0) is 10.8. The summed E-state index contributed by atoms with van der Waals surface area (Å²) >= 11 is 2.18. The Labute approximate surface area is 103 Å². The van der Waals surface area contributed by atoms with Crippen LogP contribution in [0.5, 0.6) is 0 Å². The highest BCUT2D eigenvalue weighted by Gasteiger charge is 2.17. The summed E-state index contributed by atoms with van der Waals surface area (Å²) < 4.78 is 13.9. The fraction of sp³-hybridized carbons (Fsp3) is 0.455. The van der Waals surface area contributed by atoms with Crippen LogP contribution in [0.3, 0.4) is 0 Å². The number of rotatable bonds is 1. The van der Waals surface area contributed by atoms with E-state index in [-0.39, 0.29) is 5.82 Å². The lowest BCUT2D eigenvalue weighted by atomic mass is 10.1. The maximum Gasteiger partial charge on any atom is 0.124 e. The summed E-state index contributed by atoms with van der Waals surface area (Å²) in [5.41, 5.74) is 6.98. The Bertz CT molecular complexity index is 348. The molecule has 1 aromatic carbocycles. The van der Waals surface area contributed by atoms with Crippen molar-refractivity contribution in [2.24, 2.45) is 5.73 Å². The van der Waals surface area contributed by atoms with Crippen LogP contribution in [0.2, 0.25) is 0 Å². The van der Waals surface area contributed by atoms with Crippen LogP contribution in [0.4, 0.5) is 10.1 Å². The first-order chi connectivity index (χ1) is 7.16. The van der Waals surface area contributed by atoms with Crippen LogP contribution in [0.15, 0.2) is 18.2 Å². The topological polar surface area (TPSA) is 29.3 Å². The van der Waals surface area contributed by atoms with Gasteiger partial charge in [-0.15, -0.1) is 0 Å². The molecule has 0 unspecified atom stereocenters. The molecule has 2 nitrogen and oxygen atoms in total. The second-order valence-electron chi connectivity index (χ2n) is 3.92. The van der Waals surface area contributed by atoms with Gasteiger partial charge < -0.3 is 10.6 Å². The molecule has 0 radical (unpaired) electrons. The van der Waals surface area contributed by atoms with Crippen LogP contribution >= 0.6 is 22.6 Å². The van der Waals surface area contributed by atoms with E-state index in [0.29, 0.717) is 6.04 Å². The van der Waals surface area contributed by atoms with Crippen molar-refractivity contribution in [3.8, 4) is 0 Å². The van der Waals surface area contributed by atoms with Crippen molar-refractivity contribution in [2.75, 3.05) is 18.0 Å². The molecule has 82 valence electrons. The van der Waals surface area contributed by atoms with Gasteiger partial charge in [-0.1, -0.05) is 0 Å². The molecule has 1 aliphatic heterocycles. The second kappa shape index (κ2) is 4.65. The number of hydrogen-bond donors (Lipinski definition) is 1. The molecule has 0 aromatic heterocycles. The lowest BCUT2D eigenvalue weighted by Gasteiger charge is -2.32. The summed E-state index contributed by atoms with van der Waals surface area (Å²) in [5.74, 6) is -0.170. The summed E-state index contributed by atoms with van der Waals surface area (Å²) in [4.78, 5) is 2.28. The van der Waals surface area contributed by atoms with Crippen LogP contribution in [0, 0.1) is 9.39 Å². The van der Waals surface area contributed by atoms with Crippen molar-refractivity contribution < 1.29 is 4.39 Å². The van der Waals surface area contributed by atoms with Gasteiger partial charge in [-0.3, -0.25) is 0 Å². The largest absolute Gasteiger partial charge is 0.371 e. The number of halogens is 2. The molecule has 0 amide bonds. The molecular weight excluding hydrogens is 306 g/mol. The summed E-state index contributed by atoms with van der Waals surface area (Å²) in [7, 11) is 0. The van der Waals surface area contributed by atoms with Crippen LogP contribution in [0.25, 0.3) is 0 Å². The molecule has 1 saturated heterocycles. The van der Waals surface area contributed by atoms with E-state index < -0.39 is 0 Å². The molecule has 1 heterocycles. The Morgan fingerprint density at radius 2 is 2.00 bits per heavy atom. The van der Waals surface area contributed by atoms with E-state index in [1.54, 1.807) is 6.07 Å². The molecule has 0 atom stereocenters. The second-order valence-corrected chi connectivity index (χ2v) is 5.08. The van der Waals surface area contributed by atoms with E-state index >= 15 is 0 Å². The Balaban J connectivity index is 2.15. The Morgan fingerprint density at radius 1 is 1.33 bits per heavy atom. The predicted molar refractivity (Wildman–Crippen MR) is 68.5 cm³/mol. The van der Waals surface area contributed by atoms with Crippen molar-refractivity contribution in [2.45, 2.75) is 18.9 Å². The lowest BCUT2D eigenvalue weighted by molar-refractivity contribution is 0.500. The summed E-state index contributed by atoms with van der Waals surface area (Å²) in [6, 6.07) is 5.28. The fourth-order valence-corrected chi connectivity index (χ4v) is 2.70. The third-order valence-electron chi connectivity index (χ3n) is 2.79. The van der Waals surface area contributed by atoms with E-state index in [1.807, 2.05) is 6.07 Å². The normalized spacial score (nSPS) is 18.2. The van der Waals surface area contributed by atoms with E-state index in [9.17, 15) is 4.39 Å². The number of hydrogen-bond acceptors (Lipinski definition) is 2. The van der Waals surface area contributed by atoms with Gasteiger partial charge in [0, 0.05) is 22.7 Å². The predicted octanol–water partition coefficient (Wildman–Crippen LogP) is 2.36. The van der Waals surface area contributed by atoms with Gasteiger partial charge in [0.2, 0.25) is 0 Å². The molecule has 1 fully saturated rings. The smallest absolute Gasteiger partial charge is 0.124 e. The van der Waals surface area contributed by atoms with Gasteiger partial charge in [-0.25, -0.2) is 4.39 Å². The summed E-state index contributed by atoms with van der Waals surface area (Å²) in [6.45, 7) is 1.95.